The fourth-order valence-corrected chi connectivity index (χ4v) is 4.05. The summed E-state index contributed by atoms with van der Waals surface area (Å²) in [5.41, 5.74) is 0. The van der Waals surface area contributed by atoms with E-state index in [1.165, 1.54) is 77.4 Å². The summed E-state index contributed by atoms with van der Waals surface area (Å²) in [7, 11) is 0. The Morgan fingerprint density at radius 3 is 2.58 bits per heavy atom. The first-order valence-corrected chi connectivity index (χ1v) is 8.80. The second-order valence-electron chi connectivity index (χ2n) is 6.76. The molecule has 112 valence electrons. The molecule has 3 unspecified atom stereocenters. The van der Waals surface area contributed by atoms with E-state index in [4.69, 9.17) is 0 Å². The van der Waals surface area contributed by atoms with Gasteiger partial charge in [-0.15, -0.1) is 0 Å². The topological polar surface area (TPSA) is 15.3 Å². The molecule has 0 aromatic carbocycles. The molecule has 0 aromatic rings. The highest BCUT2D eigenvalue weighted by Crippen LogP contribution is 2.27. The van der Waals surface area contributed by atoms with E-state index in [-0.39, 0.29) is 0 Å². The molecule has 2 fully saturated rings. The molecule has 1 N–H and O–H groups in total. The van der Waals surface area contributed by atoms with Crippen LogP contribution in [-0.4, -0.2) is 36.6 Å². The van der Waals surface area contributed by atoms with Gasteiger partial charge in [-0.1, -0.05) is 39.5 Å². The normalized spacial score (nSPS) is 34.1. The quantitative estimate of drug-likeness (QED) is 0.761. The SMILES string of the molecule is CCCC1CCCC(NC2CCCN(CC)C2)CC1. The highest BCUT2D eigenvalue weighted by atomic mass is 15.2. The van der Waals surface area contributed by atoms with Crippen molar-refractivity contribution in [2.24, 2.45) is 5.92 Å². The van der Waals surface area contributed by atoms with E-state index < -0.39 is 0 Å². The average Bonchev–Trinajstić information content (AvgIpc) is 2.65. The predicted molar refractivity (Wildman–Crippen MR) is 83.5 cm³/mol. The first-order valence-electron chi connectivity index (χ1n) is 8.80. The van der Waals surface area contributed by atoms with E-state index >= 15 is 0 Å². The van der Waals surface area contributed by atoms with Gasteiger partial charge in [-0.05, 0) is 51.1 Å². The Kier molecular flexibility index (Phi) is 6.66. The number of likely N-dealkylation sites (N-methyl/N-ethyl adjacent to an activating group) is 1. The van der Waals surface area contributed by atoms with Gasteiger partial charge in [0.05, 0.1) is 0 Å². The standard InChI is InChI=1S/C17H34N2/c1-3-7-15-8-5-9-16(12-11-15)18-17-10-6-13-19(4-2)14-17/h15-18H,3-14H2,1-2H3. The molecule has 2 aliphatic rings. The van der Waals surface area contributed by atoms with Crippen molar-refractivity contribution in [3.63, 3.8) is 0 Å². The molecule has 1 aliphatic carbocycles. The van der Waals surface area contributed by atoms with Crippen molar-refractivity contribution in [3.8, 4) is 0 Å². The number of likely N-dealkylation sites (tertiary alicyclic amines) is 1. The van der Waals surface area contributed by atoms with Crippen LogP contribution < -0.4 is 5.32 Å². The smallest absolute Gasteiger partial charge is 0.0198 e. The van der Waals surface area contributed by atoms with Crippen molar-refractivity contribution in [1.82, 2.24) is 10.2 Å². The summed E-state index contributed by atoms with van der Waals surface area (Å²) < 4.78 is 0. The van der Waals surface area contributed by atoms with Crippen LogP contribution >= 0.6 is 0 Å². The van der Waals surface area contributed by atoms with Crippen LogP contribution in [0.2, 0.25) is 0 Å². The fraction of sp³-hybridized carbons (Fsp3) is 1.00. The molecular weight excluding hydrogens is 232 g/mol. The molecule has 1 heterocycles. The van der Waals surface area contributed by atoms with Crippen LogP contribution in [0.4, 0.5) is 0 Å². The van der Waals surface area contributed by atoms with E-state index in [1.807, 2.05) is 0 Å². The van der Waals surface area contributed by atoms with E-state index in [0.717, 1.165) is 18.0 Å². The number of nitrogens with one attached hydrogen (secondary N) is 1. The fourth-order valence-electron chi connectivity index (χ4n) is 4.05. The van der Waals surface area contributed by atoms with Gasteiger partial charge in [0.15, 0.2) is 0 Å². The maximum absolute atomic E-state index is 3.98. The Morgan fingerprint density at radius 2 is 1.79 bits per heavy atom. The van der Waals surface area contributed by atoms with Crippen LogP contribution in [0, 0.1) is 5.92 Å². The van der Waals surface area contributed by atoms with Gasteiger partial charge >= 0.3 is 0 Å². The molecule has 0 amide bonds. The van der Waals surface area contributed by atoms with Gasteiger partial charge in [0.1, 0.15) is 0 Å². The van der Waals surface area contributed by atoms with Crippen LogP contribution in [0.1, 0.15) is 71.6 Å². The lowest BCUT2D eigenvalue weighted by Crippen LogP contribution is -2.48. The summed E-state index contributed by atoms with van der Waals surface area (Å²) in [5, 5.41) is 3.98. The molecule has 3 atom stereocenters. The summed E-state index contributed by atoms with van der Waals surface area (Å²) in [6.45, 7) is 8.45. The van der Waals surface area contributed by atoms with Crippen molar-refractivity contribution in [2.45, 2.75) is 83.7 Å². The summed E-state index contributed by atoms with van der Waals surface area (Å²) in [6.07, 6.45) is 12.9. The maximum atomic E-state index is 3.98. The first-order chi connectivity index (χ1) is 9.31. The summed E-state index contributed by atoms with van der Waals surface area (Å²) in [5.74, 6) is 1.02. The molecule has 1 saturated carbocycles. The predicted octanol–water partition coefficient (Wildman–Crippen LogP) is 3.81. The van der Waals surface area contributed by atoms with Crippen molar-refractivity contribution in [2.75, 3.05) is 19.6 Å². The maximum Gasteiger partial charge on any atom is 0.0198 e. The second kappa shape index (κ2) is 8.26. The average molecular weight is 266 g/mol. The zero-order valence-corrected chi connectivity index (χ0v) is 13.2. The minimum Gasteiger partial charge on any atom is -0.310 e. The molecule has 0 bridgehead atoms. The lowest BCUT2D eigenvalue weighted by atomic mass is 9.95. The van der Waals surface area contributed by atoms with Crippen molar-refractivity contribution in [1.29, 1.82) is 0 Å². The Bertz CT molecular complexity index is 241. The monoisotopic (exact) mass is 266 g/mol. The van der Waals surface area contributed by atoms with Gasteiger partial charge in [0.25, 0.3) is 0 Å². The van der Waals surface area contributed by atoms with E-state index in [2.05, 4.69) is 24.1 Å². The molecule has 0 spiro atoms. The minimum absolute atomic E-state index is 0.765. The Hall–Kier alpha value is -0.0800. The van der Waals surface area contributed by atoms with Crippen molar-refractivity contribution < 1.29 is 0 Å². The van der Waals surface area contributed by atoms with E-state index in [0.29, 0.717) is 0 Å². The van der Waals surface area contributed by atoms with Gasteiger partial charge in [-0.2, -0.15) is 0 Å². The van der Waals surface area contributed by atoms with Gasteiger partial charge < -0.3 is 10.2 Å². The zero-order valence-electron chi connectivity index (χ0n) is 13.2. The third-order valence-corrected chi connectivity index (χ3v) is 5.21. The largest absolute Gasteiger partial charge is 0.310 e. The second-order valence-corrected chi connectivity index (χ2v) is 6.76. The number of hydrogen-bond donors (Lipinski definition) is 1. The Labute approximate surface area is 120 Å². The molecule has 1 aliphatic heterocycles. The number of rotatable bonds is 5. The lowest BCUT2D eigenvalue weighted by Gasteiger charge is -2.34. The molecule has 0 aromatic heterocycles. The van der Waals surface area contributed by atoms with Crippen molar-refractivity contribution >= 4 is 0 Å². The van der Waals surface area contributed by atoms with Crippen LogP contribution in [0.5, 0.6) is 0 Å². The first kappa shape index (κ1) is 15.3. The molecule has 0 radical (unpaired) electrons. The summed E-state index contributed by atoms with van der Waals surface area (Å²) in [4.78, 5) is 2.61. The van der Waals surface area contributed by atoms with Gasteiger partial charge in [0, 0.05) is 18.6 Å². The van der Waals surface area contributed by atoms with E-state index in [9.17, 15) is 0 Å². The van der Waals surface area contributed by atoms with Gasteiger partial charge in [-0.25, -0.2) is 0 Å². The molecular formula is C17H34N2. The highest BCUT2D eigenvalue weighted by Gasteiger charge is 2.23. The Morgan fingerprint density at radius 1 is 0.947 bits per heavy atom. The number of hydrogen-bond acceptors (Lipinski definition) is 2. The van der Waals surface area contributed by atoms with Crippen LogP contribution in [0.15, 0.2) is 0 Å². The van der Waals surface area contributed by atoms with Gasteiger partial charge in [-0.3, -0.25) is 0 Å². The summed E-state index contributed by atoms with van der Waals surface area (Å²) >= 11 is 0. The lowest BCUT2D eigenvalue weighted by molar-refractivity contribution is 0.187. The number of nitrogens with zero attached hydrogens (tertiary/aromatic N) is 1. The Balaban J connectivity index is 1.73. The number of piperidine rings is 1. The third kappa shape index (κ3) is 5.07. The zero-order chi connectivity index (χ0) is 13.5. The van der Waals surface area contributed by atoms with Crippen LogP contribution in [0.25, 0.3) is 0 Å². The molecule has 2 rings (SSSR count). The van der Waals surface area contributed by atoms with Crippen LogP contribution in [0.3, 0.4) is 0 Å². The van der Waals surface area contributed by atoms with Crippen molar-refractivity contribution in [3.05, 3.63) is 0 Å². The molecule has 19 heavy (non-hydrogen) atoms. The molecule has 1 saturated heterocycles. The highest BCUT2D eigenvalue weighted by molar-refractivity contribution is 4.83. The molecule has 2 heteroatoms. The molecule has 2 nitrogen and oxygen atoms in total. The summed E-state index contributed by atoms with van der Waals surface area (Å²) in [6, 6.07) is 1.57. The van der Waals surface area contributed by atoms with Crippen LogP contribution in [-0.2, 0) is 0 Å². The van der Waals surface area contributed by atoms with Gasteiger partial charge in [0.2, 0.25) is 0 Å². The van der Waals surface area contributed by atoms with E-state index in [1.54, 1.807) is 0 Å². The minimum atomic E-state index is 0.765. The third-order valence-electron chi connectivity index (χ3n) is 5.21.